The Morgan fingerprint density at radius 1 is 1.54 bits per heavy atom. The molecule has 1 heterocycles. The average molecular weight is 181 g/mol. The quantitative estimate of drug-likeness (QED) is 0.588. The average Bonchev–Trinajstić information content (AvgIpc) is 2.09. The summed E-state index contributed by atoms with van der Waals surface area (Å²) in [6, 6.07) is 1.11. The Morgan fingerprint density at radius 2 is 2.23 bits per heavy atom. The van der Waals surface area contributed by atoms with Gasteiger partial charge >= 0.3 is 6.03 Å². The van der Waals surface area contributed by atoms with Crippen LogP contribution in [0, 0.1) is 6.92 Å². The van der Waals surface area contributed by atoms with Crippen molar-refractivity contribution < 1.29 is 4.79 Å². The van der Waals surface area contributed by atoms with E-state index < -0.39 is 0 Å². The number of aryl methyl sites for hydroxylation is 1. The smallest absolute Gasteiger partial charge is 0.319 e. The number of carbonyl (C=O) groups excluding carboxylic acids is 1. The number of amides is 2. The van der Waals surface area contributed by atoms with Crippen molar-refractivity contribution in [3.63, 3.8) is 0 Å². The van der Waals surface area contributed by atoms with E-state index in [0.29, 0.717) is 5.69 Å². The Balaban J connectivity index is 2.90. The van der Waals surface area contributed by atoms with Crippen molar-refractivity contribution in [1.82, 2.24) is 10.3 Å². The van der Waals surface area contributed by atoms with Gasteiger partial charge in [0.1, 0.15) is 0 Å². The number of pyridine rings is 1. The fourth-order valence-corrected chi connectivity index (χ4v) is 0.893. The molecule has 70 valence electrons. The number of aromatic amines is 1. The first-order valence-electron chi connectivity index (χ1n) is 3.81. The highest BCUT2D eigenvalue weighted by atomic mass is 16.2. The zero-order chi connectivity index (χ0) is 9.84. The van der Waals surface area contributed by atoms with Crippen molar-refractivity contribution in [1.29, 1.82) is 0 Å². The first-order chi connectivity index (χ1) is 6.13. The highest BCUT2D eigenvalue weighted by Crippen LogP contribution is 2.08. The molecule has 0 bridgehead atoms. The van der Waals surface area contributed by atoms with Crippen LogP contribution in [0.2, 0.25) is 0 Å². The van der Waals surface area contributed by atoms with Gasteiger partial charge in [-0.1, -0.05) is 0 Å². The van der Waals surface area contributed by atoms with E-state index in [1.165, 1.54) is 19.3 Å². The maximum Gasteiger partial charge on any atom is 0.319 e. The maximum absolute atomic E-state index is 10.9. The Labute approximate surface area is 75.2 Å². The molecule has 13 heavy (non-hydrogen) atoms. The van der Waals surface area contributed by atoms with Crippen LogP contribution in [0.4, 0.5) is 10.5 Å². The van der Waals surface area contributed by atoms with Crippen LogP contribution in [-0.2, 0) is 0 Å². The van der Waals surface area contributed by atoms with Crippen LogP contribution in [0.25, 0.3) is 0 Å². The highest BCUT2D eigenvalue weighted by Gasteiger charge is 2.01. The number of hydrogen-bond acceptors (Lipinski definition) is 2. The molecule has 1 aromatic heterocycles. The molecule has 0 aliphatic rings. The number of nitrogens with one attached hydrogen (secondary N) is 3. The summed E-state index contributed by atoms with van der Waals surface area (Å²) in [6.07, 6.45) is 1.47. The predicted octanol–water partition coefficient (Wildman–Crippen LogP) is 0.435. The fraction of sp³-hybridized carbons (Fsp3) is 0.250. The van der Waals surface area contributed by atoms with Gasteiger partial charge < -0.3 is 15.6 Å². The molecule has 0 aliphatic heterocycles. The van der Waals surface area contributed by atoms with E-state index >= 15 is 0 Å². The number of carbonyl (C=O) groups is 1. The topological polar surface area (TPSA) is 74.0 Å². The van der Waals surface area contributed by atoms with Crippen LogP contribution in [0.1, 0.15) is 5.56 Å². The van der Waals surface area contributed by atoms with Crippen molar-refractivity contribution in [2.75, 3.05) is 12.4 Å². The lowest BCUT2D eigenvalue weighted by Gasteiger charge is -2.05. The van der Waals surface area contributed by atoms with Gasteiger partial charge in [-0.2, -0.15) is 0 Å². The van der Waals surface area contributed by atoms with Gasteiger partial charge in [0, 0.05) is 19.3 Å². The molecule has 0 spiro atoms. The summed E-state index contributed by atoms with van der Waals surface area (Å²) < 4.78 is 0. The van der Waals surface area contributed by atoms with Gasteiger partial charge in [-0.25, -0.2) is 4.79 Å². The summed E-state index contributed by atoms with van der Waals surface area (Å²) in [5.41, 5.74) is 1.14. The molecule has 3 N–H and O–H groups in total. The van der Waals surface area contributed by atoms with Crippen LogP contribution in [0.15, 0.2) is 17.1 Å². The van der Waals surface area contributed by atoms with Crippen molar-refractivity contribution >= 4 is 11.7 Å². The molecule has 5 heteroatoms. The van der Waals surface area contributed by atoms with Crippen molar-refractivity contribution in [3.8, 4) is 0 Å². The van der Waals surface area contributed by atoms with Crippen LogP contribution in [0.5, 0.6) is 0 Å². The Hall–Kier alpha value is -1.78. The second-order valence-electron chi connectivity index (χ2n) is 2.60. The number of aromatic nitrogens is 1. The third kappa shape index (κ3) is 2.33. The lowest BCUT2D eigenvalue weighted by atomic mass is 10.2. The third-order valence-electron chi connectivity index (χ3n) is 1.61. The van der Waals surface area contributed by atoms with E-state index in [1.807, 2.05) is 0 Å². The molecule has 0 saturated carbocycles. The molecular formula is C8H11N3O2. The van der Waals surface area contributed by atoms with E-state index in [1.54, 1.807) is 6.92 Å². The van der Waals surface area contributed by atoms with E-state index in [4.69, 9.17) is 0 Å². The van der Waals surface area contributed by atoms with E-state index in [-0.39, 0.29) is 11.6 Å². The van der Waals surface area contributed by atoms with E-state index in [2.05, 4.69) is 15.6 Å². The molecule has 0 aliphatic carbocycles. The fourth-order valence-electron chi connectivity index (χ4n) is 0.893. The zero-order valence-corrected chi connectivity index (χ0v) is 7.47. The van der Waals surface area contributed by atoms with E-state index in [9.17, 15) is 9.59 Å². The summed E-state index contributed by atoms with van der Waals surface area (Å²) in [6.45, 7) is 1.75. The first kappa shape index (κ1) is 9.31. The summed E-state index contributed by atoms with van der Waals surface area (Å²) >= 11 is 0. The molecule has 5 nitrogen and oxygen atoms in total. The highest BCUT2D eigenvalue weighted by molar-refractivity contribution is 5.89. The molecule has 0 saturated heterocycles. The minimum Gasteiger partial charge on any atom is -0.341 e. The minimum absolute atomic E-state index is 0.181. The number of H-pyrrole nitrogens is 1. The molecule has 1 rings (SSSR count). The van der Waals surface area contributed by atoms with Crippen molar-refractivity contribution in [2.45, 2.75) is 6.92 Å². The van der Waals surface area contributed by atoms with Gasteiger partial charge in [0.2, 0.25) is 5.56 Å². The van der Waals surface area contributed by atoms with Gasteiger partial charge in [0.05, 0.1) is 5.69 Å². The van der Waals surface area contributed by atoms with Crippen LogP contribution in [0.3, 0.4) is 0 Å². The van der Waals surface area contributed by atoms with Crippen LogP contribution >= 0.6 is 0 Å². The third-order valence-corrected chi connectivity index (χ3v) is 1.61. The monoisotopic (exact) mass is 181 g/mol. The van der Waals surface area contributed by atoms with Crippen molar-refractivity contribution in [3.05, 3.63) is 28.2 Å². The normalized spacial score (nSPS) is 9.38. The van der Waals surface area contributed by atoms with Gasteiger partial charge in [-0.15, -0.1) is 0 Å². The maximum atomic E-state index is 10.9. The molecule has 0 aromatic carbocycles. The Bertz CT molecular complexity index is 370. The first-order valence-corrected chi connectivity index (χ1v) is 3.81. The second-order valence-corrected chi connectivity index (χ2v) is 2.60. The zero-order valence-electron chi connectivity index (χ0n) is 7.47. The molecule has 0 fully saturated rings. The standard InChI is InChI=1S/C8H11N3O2/c1-5-3-7(12)10-4-6(5)11-8(13)9-2/h3-4H,1-2H3,(H,10,12)(H2,9,11,13). The lowest BCUT2D eigenvalue weighted by molar-refractivity contribution is 0.254. The molecule has 2 amide bonds. The minimum atomic E-state index is -0.310. The SMILES string of the molecule is CNC(=O)Nc1c[nH]c(=O)cc1C. The Morgan fingerprint density at radius 3 is 2.77 bits per heavy atom. The molecule has 0 atom stereocenters. The van der Waals surface area contributed by atoms with Gasteiger partial charge in [-0.3, -0.25) is 4.79 Å². The number of rotatable bonds is 1. The van der Waals surface area contributed by atoms with Gasteiger partial charge in [0.15, 0.2) is 0 Å². The summed E-state index contributed by atoms with van der Waals surface area (Å²) in [5.74, 6) is 0. The van der Waals surface area contributed by atoms with Gasteiger partial charge in [-0.05, 0) is 12.5 Å². The Kier molecular flexibility index (Phi) is 2.69. The van der Waals surface area contributed by atoms with Gasteiger partial charge in [0.25, 0.3) is 0 Å². The van der Waals surface area contributed by atoms with Crippen LogP contribution < -0.4 is 16.2 Å². The molecule has 0 unspecified atom stereocenters. The second kappa shape index (κ2) is 3.75. The lowest BCUT2D eigenvalue weighted by Crippen LogP contribution is -2.25. The predicted molar refractivity (Wildman–Crippen MR) is 49.9 cm³/mol. The number of urea groups is 1. The molecule has 0 radical (unpaired) electrons. The summed E-state index contributed by atoms with van der Waals surface area (Å²) in [4.78, 5) is 24.2. The number of hydrogen-bond donors (Lipinski definition) is 3. The van der Waals surface area contributed by atoms with Crippen molar-refractivity contribution in [2.24, 2.45) is 0 Å². The van der Waals surface area contributed by atoms with E-state index in [0.717, 1.165) is 5.56 Å². The van der Waals surface area contributed by atoms with Crippen LogP contribution in [-0.4, -0.2) is 18.1 Å². The molecular weight excluding hydrogens is 170 g/mol. The molecule has 1 aromatic rings. The largest absolute Gasteiger partial charge is 0.341 e. The number of anilines is 1. The summed E-state index contributed by atoms with van der Waals surface area (Å²) in [5, 5.41) is 4.98. The summed E-state index contributed by atoms with van der Waals surface area (Å²) in [7, 11) is 1.52.